The number of carboxylic acid groups (broad SMARTS) is 1. The van der Waals surface area contributed by atoms with E-state index in [0.717, 1.165) is 40.7 Å². The summed E-state index contributed by atoms with van der Waals surface area (Å²) in [5.41, 5.74) is 1.28. The summed E-state index contributed by atoms with van der Waals surface area (Å²) in [5.74, 6) is -1.92. The molecule has 37 heavy (non-hydrogen) atoms. The van der Waals surface area contributed by atoms with Crippen LogP contribution in [-0.2, 0) is 16.6 Å². The third-order valence-electron chi connectivity index (χ3n) is 5.49. The number of anilines is 1. The molecule has 0 amide bonds. The quantitative estimate of drug-likeness (QED) is 0.338. The molecule has 0 unspecified atom stereocenters. The van der Waals surface area contributed by atoms with Gasteiger partial charge in [0.05, 0.1) is 23.1 Å². The summed E-state index contributed by atoms with van der Waals surface area (Å²) in [6, 6.07) is 14.6. The molecule has 0 aliphatic heterocycles. The van der Waals surface area contributed by atoms with Gasteiger partial charge in [-0.1, -0.05) is 44.2 Å². The first-order valence-corrected chi connectivity index (χ1v) is 12.5. The van der Waals surface area contributed by atoms with Crippen molar-refractivity contribution in [2.24, 2.45) is 0 Å². The molecule has 2 aromatic carbocycles. The lowest BCUT2D eigenvalue weighted by molar-refractivity contribution is -0.274. The highest BCUT2D eigenvalue weighted by atomic mass is 32.2. The number of fused-ring (bicyclic) bond motifs is 1. The minimum Gasteiger partial charge on any atom is -0.545 e. The van der Waals surface area contributed by atoms with Crippen LogP contribution in [0.15, 0.2) is 77.8 Å². The zero-order chi connectivity index (χ0) is 27.0. The van der Waals surface area contributed by atoms with Crippen molar-refractivity contribution in [2.75, 3.05) is 4.31 Å². The number of sulfonamides is 1. The number of alkyl halides is 3. The lowest BCUT2D eigenvalue weighted by atomic mass is 10.1. The van der Waals surface area contributed by atoms with Crippen molar-refractivity contribution in [3.8, 4) is 5.75 Å². The van der Waals surface area contributed by atoms with Crippen molar-refractivity contribution in [1.29, 1.82) is 0 Å². The predicted octanol–water partition coefficient (Wildman–Crippen LogP) is 4.12. The summed E-state index contributed by atoms with van der Waals surface area (Å²) in [5, 5.41) is 11.1. The van der Waals surface area contributed by atoms with E-state index in [1.165, 1.54) is 12.1 Å². The minimum absolute atomic E-state index is 0.140. The molecule has 0 saturated heterocycles. The normalized spacial score (nSPS) is 12.2. The molecular formula is C25H21F3N3O5S-. The first-order chi connectivity index (χ1) is 17.4. The molecule has 2 aromatic heterocycles. The van der Waals surface area contributed by atoms with Crippen LogP contribution in [0.4, 0.5) is 19.0 Å². The number of carbonyl (C=O) groups is 1. The van der Waals surface area contributed by atoms with Gasteiger partial charge < -0.3 is 19.0 Å². The molecule has 0 N–H and O–H groups in total. The number of aromatic nitrogens is 2. The van der Waals surface area contributed by atoms with Crippen LogP contribution in [0.25, 0.3) is 5.65 Å². The van der Waals surface area contributed by atoms with Gasteiger partial charge in [0.15, 0.2) is 5.82 Å². The highest BCUT2D eigenvalue weighted by Crippen LogP contribution is 2.34. The Morgan fingerprint density at radius 1 is 1.05 bits per heavy atom. The van der Waals surface area contributed by atoms with Gasteiger partial charge in [0, 0.05) is 6.20 Å². The molecule has 12 heteroatoms. The van der Waals surface area contributed by atoms with E-state index in [4.69, 9.17) is 0 Å². The highest BCUT2D eigenvalue weighted by Gasteiger charge is 2.32. The fourth-order valence-electron chi connectivity index (χ4n) is 3.85. The first-order valence-electron chi connectivity index (χ1n) is 11.0. The van der Waals surface area contributed by atoms with Crippen molar-refractivity contribution in [3.63, 3.8) is 0 Å². The predicted molar refractivity (Wildman–Crippen MR) is 127 cm³/mol. The minimum atomic E-state index is -4.86. The summed E-state index contributed by atoms with van der Waals surface area (Å²) in [6.45, 7) is 3.49. The van der Waals surface area contributed by atoms with Gasteiger partial charge in [-0.3, -0.25) is 0 Å². The van der Waals surface area contributed by atoms with Gasteiger partial charge >= 0.3 is 6.36 Å². The Labute approximate surface area is 210 Å². The molecule has 0 atom stereocenters. The second-order valence-corrected chi connectivity index (χ2v) is 10.3. The molecule has 0 aliphatic rings. The van der Waals surface area contributed by atoms with Crippen molar-refractivity contribution in [2.45, 2.75) is 37.6 Å². The maximum atomic E-state index is 13.9. The molecule has 4 rings (SSSR count). The number of pyridine rings is 1. The van der Waals surface area contributed by atoms with Crippen molar-refractivity contribution in [1.82, 2.24) is 9.38 Å². The molecule has 0 aliphatic carbocycles. The van der Waals surface area contributed by atoms with Crippen LogP contribution < -0.4 is 14.1 Å². The topological polar surface area (TPSA) is 104 Å². The summed E-state index contributed by atoms with van der Waals surface area (Å²) >= 11 is 0. The number of aromatic carboxylic acids is 1. The third kappa shape index (κ3) is 5.53. The van der Waals surface area contributed by atoms with Crippen molar-refractivity contribution < 1.29 is 36.2 Å². The molecule has 0 bridgehead atoms. The molecule has 194 valence electrons. The number of hydrogen-bond acceptors (Lipinski definition) is 6. The summed E-state index contributed by atoms with van der Waals surface area (Å²) in [7, 11) is -4.30. The smallest absolute Gasteiger partial charge is 0.545 e. The van der Waals surface area contributed by atoms with Gasteiger partial charge in [0.25, 0.3) is 10.0 Å². The van der Waals surface area contributed by atoms with Crippen LogP contribution in [0.5, 0.6) is 5.75 Å². The van der Waals surface area contributed by atoms with Gasteiger partial charge in [-0.2, -0.15) is 0 Å². The monoisotopic (exact) mass is 532 g/mol. The molecule has 0 saturated carbocycles. The van der Waals surface area contributed by atoms with Gasteiger partial charge in [-0.15, -0.1) is 13.2 Å². The maximum Gasteiger partial charge on any atom is 0.573 e. The molecule has 2 heterocycles. The van der Waals surface area contributed by atoms with Crippen LogP contribution in [0.1, 0.15) is 41.4 Å². The Morgan fingerprint density at radius 3 is 2.27 bits per heavy atom. The number of halogens is 3. The second kappa shape index (κ2) is 9.77. The van der Waals surface area contributed by atoms with Crippen LogP contribution >= 0.6 is 0 Å². The Bertz CT molecular complexity index is 1530. The number of carboxylic acids is 1. The van der Waals surface area contributed by atoms with E-state index >= 15 is 0 Å². The van der Waals surface area contributed by atoms with E-state index in [-0.39, 0.29) is 28.7 Å². The zero-order valence-electron chi connectivity index (χ0n) is 19.6. The fourth-order valence-corrected chi connectivity index (χ4v) is 5.26. The van der Waals surface area contributed by atoms with Gasteiger partial charge in [0.2, 0.25) is 0 Å². The molecular weight excluding hydrogens is 511 g/mol. The number of hydrogen-bond donors (Lipinski definition) is 0. The highest BCUT2D eigenvalue weighted by molar-refractivity contribution is 7.92. The Balaban J connectivity index is 1.83. The maximum absolute atomic E-state index is 13.9. The van der Waals surface area contributed by atoms with Crippen LogP contribution in [0.2, 0.25) is 0 Å². The average Bonchev–Trinajstić information content (AvgIpc) is 3.22. The van der Waals surface area contributed by atoms with Crippen LogP contribution in [0, 0.1) is 0 Å². The Hall–Kier alpha value is -4.06. The number of nitrogens with zero attached hydrogens (tertiary/aromatic N) is 3. The number of imidazole rings is 1. The molecule has 0 fully saturated rings. The van der Waals surface area contributed by atoms with E-state index in [2.05, 4.69) is 9.72 Å². The Kier molecular flexibility index (Phi) is 6.87. The number of ether oxygens (including phenoxy) is 1. The summed E-state index contributed by atoms with van der Waals surface area (Å²) < 4.78 is 72.1. The standard InChI is InChI=1S/C25H22F3N3O5S/c1-16(2)22-23(29-21-5-3-4-14-30(21)22)31(15-17-6-10-19(11-7-17)36-25(26,27)28)37(34,35)20-12-8-18(9-13-20)24(32)33/h3-14,16H,15H2,1-2H3,(H,32,33)/p-1. The largest absolute Gasteiger partial charge is 0.573 e. The van der Waals surface area contributed by atoms with E-state index in [9.17, 15) is 31.5 Å². The summed E-state index contributed by atoms with van der Waals surface area (Å²) in [6.07, 6.45) is -3.11. The third-order valence-corrected chi connectivity index (χ3v) is 7.24. The molecule has 4 aromatic rings. The molecule has 0 spiro atoms. The first kappa shape index (κ1) is 26.0. The number of benzene rings is 2. The fraction of sp³-hybridized carbons (Fsp3) is 0.200. The van der Waals surface area contributed by atoms with Crippen LogP contribution in [0.3, 0.4) is 0 Å². The van der Waals surface area contributed by atoms with E-state index in [1.54, 1.807) is 28.8 Å². The van der Waals surface area contributed by atoms with E-state index in [0.29, 0.717) is 16.9 Å². The Morgan fingerprint density at radius 2 is 1.70 bits per heavy atom. The number of carbonyl (C=O) groups excluding carboxylic acids is 1. The van der Waals surface area contributed by atoms with Gasteiger partial charge in [-0.25, -0.2) is 17.7 Å². The van der Waals surface area contributed by atoms with Crippen molar-refractivity contribution >= 4 is 27.5 Å². The summed E-state index contributed by atoms with van der Waals surface area (Å²) in [4.78, 5) is 15.5. The molecule has 0 radical (unpaired) electrons. The SMILES string of the molecule is CC(C)c1c(N(Cc2ccc(OC(F)(F)F)cc2)S(=O)(=O)c2ccc(C(=O)[O-])cc2)nc2ccccn12. The lowest BCUT2D eigenvalue weighted by Crippen LogP contribution is -2.32. The van der Waals surface area contributed by atoms with Crippen LogP contribution in [-0.4, -0.2) is 30.1 Å². The zero-order valence-corrected chi connectivity index (χ0v) is 20.5. The van der Waals surface area contributed by atoms with Gasteiger partial charge in [0.1, 0.15) is 11.4 Å². The number of rotatable bonds is 8. The molecule has 8 nitrogen and oxygen atoms in total. The average molecular weight is 533 g/mol. The lowest BCUT2D eigenvalue weighted by Gasteiger charge is -2.25. The van der Waals surface area contributed by atoms with E-state index < -0.39 is 28.1 Å². The van der Waals surface area contributed by atoms with Gasteiger partial charge in [-0.05, 0) is 53.4 Å². The van der Waals surface area contributed by atoms with E-state index in [1.807, 2.05) is 13.8 Å². The second-order valence-electron chi connectivity index (χ2n) is 8.42. The van der Waals surface area contributed by atoms with Crippen molar-refractivity contribution in [3.05, 3.63) is 89.7 Å².